The Kier molecular flexibility index (Phi) is 4.06. The molecule has 1 amide bonds. The smallest absolute Gasteiger partial charge is 0.226 e. The van der Waals surface area contributed by atoms with Crippen molar-refractivity contribution in [2.45, 2.75) is 19.8 Å². The summed E-state index contributed by atoms with van der Waals surface area (Å²) < 4.78 is 0. The van der Waals surface area contributed by atoms with Gasteiger partial charge in [0.2, 0.25) is 5.91 Å². The van der Waals surface area contributed by atoms with Gasteiger partial charge in [0.1, 0.15) is 0 Å². The molecular weight excluding hydrogens is 234 g/mol. The van der Waals surface area contributed by atoms with Gasteiger partial charge in [-0.3, -0.25) is 4.79 Å². The van der Waals surface area contributed by atoms with E-state index in [0.29, 0.717) is 5.88 Å². The summed E-state index contributed by atoms with van der Waals surface area (Å²) in [7, 11) is 0. The van der Waals surface area contributed by atoms with Gasteiger partial charge in [-0.25, -0.2) is 0 Å². The molecule has 0 radical (unpaired) electrons. The fourth-order valence-electron chi connectivity index (χ4n) is 2.27. The van der Waals surface area contributed by atoms with E-state index in [0.717, 1.165) is 25.9 Å². The second-order valence-electron chi connectivity index (χ2n) is 4.65. The third kappa shape index (κ3) is 2.81. The van der Waals surface area contributed by atoms with E-state index in [1.165, 1.54) is 11.1 Å². The standard InChI is InChI=1S/C14H18ClNO/c1-11(10-15)14(17)16-8-6-12-4-2-3-5-13(12)7-9-16/h2-5,11H,6-10H2,1H3. The van der Waals surface area contributed by atoms with E-state index in [-0.39, 0.29) is 11.8 Å². The number of hydrogen-bond donors (Lipinski definition) is 0. The van der Waals surface area contributed by atoms with Crippen LogP contribution < -0.4 is 0 Å². The molecule has 2 nitrogen and oxygen atoms in total. The molecule has 0 bridgehead atoms. The fraction of sp³-hybridized carbons (Fsp3) is 0.500. The molecule has 1 aromatic rings. The maximum atomic E-state index is 12.1. The minimum atomic E-state index is -0.0714. The minimum Gasteiger partial charge on any atom is -0.342 e. The van der Waals surface area contributed by atoms with Crippen LogP contribution in [0.15, 0.2) is 24.3 Å². The first-order valence-corrected chi connectivity index (χ1v) is 6.67. The first kappa shape index (κ1) is 12.4. The zero-order chi connectivity index (χ0) is 12.3. The van der Waals surface area contributed by atoms with Crippen molar-refractivity contribution in [2.75, 3.05) is 19.0 Å². The van der Waals surface area contributed by atoms with E-state index in [9.17, 15) is 4.79 Å². The van der Waals surface area contributed by atoms with Crippen molar-refractivity contribution in [3.63, 3.8) is 0 Å². The lowest BCUT2D eigenvalue weighted by molar-refractivity contribution is -0.134. The molecule has 92 valence electrons. The average Bonchev–Trinajstić information content (AvgIpc) is 2.59. The highest BCUT2D eigenvalue weighted by atomic mass is 35.5. The summed E-state index contributed by atoms with van der Waals surface area (Å²) in [5.41, 5.74) is 2.75. The largest absolute Gasteiger partial charge is 0.342 e. The van der Waals surface area contributed by atoms with Gasteiger partial charge in [-0.2, -0.15) is 0 Å². The molecule has 1 heterocycles. The Hall–Kier alpha value is -1.02. The number of amides is 1. The van der Waals surface area contributed by atoms with Crippen molar-refractivity contribution in [2.24, 2.45) is 5.92 Å². The summed E-state index contributed by atoms with van der Waals surface area (Å²) in [5.74, 6) is 0.521. The van der Waals surface area contributed by atoms with E-state index in [1.807, 2.05) is 11.8 Å². The van der Waals surface area contributed by atoms with E-state index in [4.69, 9.17) is 11.6 Å². The predicted molar refractivity (Wildman–Crippen MR) is 70.3 cm³/mol. The molecule has 0 aromatic heterocycles. The maximum absolute atomic E-state index is 12.1. The predicted octanol–water partition coefficient (Wildman–Crippen LogP) is 2.49. The number of halogens is 1. The lowest BCUT2D eigenvalue weighted by Crippen LogP contribution is -2.37. The summed E-state index contributed by atoms with van der Waals surface area (Å²) in [5, 5.41) is 0. The molecule has 0 N–H and O–H groups in total. The molecular formula is C14H18ClNO. The highest BCUT2D eigenvalue weighted by Gasteiger charge is 2.21. The van der Waals surface area contributed by atoms with Crippen LogP contribution in [-0.2, 0) is 17.6 Å². The third-order valence-electron chi connectivity index (χ3n) is 3.39. The Bertz CT molecular complexity index is 378. The van der Waals surface area contributed by atoms with Crippen molar-refractivity contribution >= 4 is 17.5 Å². The van der Waals surface area contributed by atoms with Crippen molar-refractivity contribution in [3.05, 3.63) is 35.4 Å². The molecule has 3 heteroatoms. The quantitative estimate of drug-likeness (QED) is 0.740. The van der Waals surface area contributed by atoms with Crippen LogP contribution in [0.3, 0.4) is 0 Å². The minimum absolute atomic E-state index is 0.0714. The van der Waals surface area contributed by atoms with E-state index in [1.54, 1.807) is 0 Å². The Labute approximate surface area is 108 Å². The third-order valence-corrected chi connectivity index (χ3v) is 3.85. The SMILES string of the molecule is CC(CCl)C(=O)N1CCc2ccccc2CC1. The summed E-state index contributed by atoms with van der Waals surface area (Å²) >= 11 is 5.75. The van der Waals surface area contributed by atoms with Gasteiger partial charge in [-0.05, 0) is 24.0 Å². The Balaban J connectivity index is 2.06. The highest BCUT2D eigenvalue weighted by molar-refractivity contribution is 6.19. The van der Waals surface area contributed by atoms with Crippen molar-refractivity contribution < 1.29 is 4.79 Å². The molecule has 2 rings (SSSR count). The lowest BCUT2D eigenvalue weighted by atomic mass is 10.0. The molecule has 0 spiro atoms. The highest BCUT2D eigenvalue weighted by Crippen LogP contribution is 2.17. The molecule has 1 aliphatic rings. The molecule has 0 saturated carbocycles. The Morgan fingerprint density at radius 2 is 1.82 bits per heavy atom. The summed E-state index contributed by atoms with van der Waals surface area (Å²) in [6.07, 6.45) is 1.91. The normalized spacial score (nSPS) is 17.2. The van der Waals surface area contributed by atoms with Gasteiger partial charge < -0.3 is 4.90 Å². The van der Waals surface area contributed by atoms with E-state index < -0.39 is 0 Å². The zero-order valence-corrected chi connectivity index (χ0v) is 10.9. The van der Waals surface area contributed by atoms with Crippen LogP contribution in [0.1, 0.15) is 18.1 Å². The molecule has 1 aromatic carbocycles. The molecule has 1 unspecified atom stereocenters. The van der Waals surface area contributed by atoms with Gasteiger partial charge in [-0.15, -0.1) is 11.6 Å². The van der Waals surface area contributed by atoms with Crippen molar-refractivity contribution in [1.82, 2.24) is 4.90 Å². The number of carbonyl (C=O) groups excluding carboxylic acids is 1. The van der Waals surface area contributed by atoms with E-state index in [2.05, 4.69) is 24.3 Å². The Morgan fingerprint density at radius 1 is 1.29 bits per heavy atom. The number of benzene rings is 1. The molecule has 0 fully saturated rings. The van der Waals surface area contributed by atoms with Crippen molar-refractivity contribution in [3.8, 4) is 0 Å². The van der Waals surface area contributed by atoms with Gasteiger partial charge in [0.05, 0.1) is 0 Å². The summed E-state index contributed by atoms with van der Waals surface area (Å²) in [4.78, 5) is 14.0. The number of hydrogen-bond acceptors (Lipinski definition) is 1. The molecule has 1 atom stereocenters. The number of rotatable bonds is 2. The van der Waals surface area contributed by atoms with Gasteiger partial charge in [0.25, 0.3) is 0 Å². The zero-order valence-electron chi connectivity index (χ0n) is 10.2. The number of alkyl halides is 1. The molecule has 0 aliphatic carbocycles. The Morgan fingerprint density at radius 3 is 2.29 bits per heavy atom. The van der Waals surface area contributed by atoms with Crippen LogP contribution in [-0.4, -0.2) is 29.8 Å². The first-order valence-electron chi connectivity index (χ1n) is 6.14. The van der Waals surface area contributed by atoms with Gasteiger partial charge in [-0.1, -0.05) is 31.2 Å². The monoisotopic (exact) mass is 251 g/mol. The first-order chi connectivity index (χ1) is 8.22. The number of carbonyl (C=O) groups is 1. The van der Waals surface area contributed by atoms with Gasteiger partial charge in [0, 0.05) is 24.9 Å². The second kappa shape index (κ2) is 5.54. The molecule has 17 heavy (non-hydrogen) atoms. The van der Waals surface area contributed by atoms with Crippen LogP contribution in [0.2, 0.25) is 0 Å². The van der Waals surface area contributed by atoms with Crippen LogP contribution in [0.4, 0.5) is 0 Å². The summed E-state index contributed by atoms with van der Waals surface area (Å²) in [6, 6.07) is 8.46. The average molecular weight is 252 g/mol. The van der Waals surface area contributed by atoms with E-state index >= 15 is 0 Å². The van der Waals surface area contributed by atoms with Crippen LogP contribution in [0.5, 0.6) is 0 Å². The fourth-order valence-corrected chi connectivity index (χ4v) is 2.40. The van der Waals surface area contributed by atoms with Gasteiger partial charge >= 0.3 is 0 Å². The maximum Gasteiger partial charge on any atom is 0.226 e. The van der Waals surface area contributed by atoms with Gasteiger partial charge in [0.15, 0.2) is 0 Å². The second-order valence-corrected chi connectivity index (χ2v) is 4.96. The van der Waals surface area contributed by atoms with Crippen LogP contribution in [0.25, 0.3) is 0 Å². The van der Waals surface area contributed by atoms with Crippen molar-refractivity contribution in [1.29, 1.82) is 0 Å². The topological polar surface area (TPSA) is 20.3 Å². The lowest BCUT2D eigenvalue weighted by Gasteiger charge is -2.23. The van der Waals surface area contributed by atoms with Crippen LogP contribution in [0, 0.1) is 5.92 Å². The molecule has 0 saturated heterocycles. The number of nitrogens with zero attached hydrogens (tertiary/aromatic N) is 1. The number of fused-ring (bicyclic) bond motifs is 1. The molecule has 1 aliphatic heterocycles. The van der Waals surface area contributed by atoms with Crippen LogP contribution >= 0.6 is 11.6 Å². The summed E-state index contributed by atoms with van der Waals surface area (Å²) in [6.45, 7) is 3.53.